The van der Waals surface area contributed by atoms with Gasteiger partial charge in [0.1, 0.15) is 0 Å². The minimum atomic E-state index is -0.382. The summed E-state index contributed by atoms with van der Waals surface area (Å²) < 4.78 is 10.8. The minimum absolute atomic E-state index is 0.373. The van der Waals surface area contributed by atoms with Crippen molar-refractivity contribution in [1.82, 2.24) is 0 Å². The zero-order valence-electron chi connectivity index (χ0n) is 20.1. The Morgan fingerprint density at radius 3 is 1.71 bits per heavy atom. The summed E-state index contributed by atoms with van der Waals surface area (Å²) >= 11 is 0. The first-order chi connectivity index (χ1) is 15.1. The summed E-state index contributed by atoms with van der Waals surface area (Å²) in [6.45, 7) is 7.28. The van der Waals surface area contributed by atoms with Crippen LogP contribution in [-0.2, 0) is 9.47 Å². The van der Waals surface area contributed by atoms with Gasteiger partial charge in [0.2, 0.25) is 0 Å². The van der Waals surface area contributed by atoms with Crippen molar-refractivity contribution in [3.05, 3.63) is 35.4 Å². The van der Waals surface area contributed by atoms with Crippen molar-refractivity contribution in [2.75, 3.05) is 13.2 Å². The third kappa shape index (κ3) is 12.6. The third-order valence-corrected chi connectivity index (χ3v) is 5.92. The number of hydrogen-bond acceptors (Lipinski definition) is 4. The smallest absolute Gasteiger partial charge is 0.338 e. The molecule has 0 atom stereocenters. The number of unbranched alkanes of at least 4 members (excludes halogenated alkanes) is 10. The third-order valence-electron chi connectivity index (χ3n) is 5.92. The van der Waals surface area contributed by atoms with Gasteiger partial charge in [0, 0.05) is 0 Å². The van der Waals surface area contributed by atoms with Crippen LogP contribution in [0, 0.1) is 5.92 Å². The second-order valence-electron chi connectivity index (χ2n) is 8.53. The molecule has 4 heteroatoms. The number of hydrogen-bond donors (Lipinski definition) is 0. The molecule has 0 spiro atoms. The van der Waals surface area contributed by atoms with Crippen LogP contribution in [0.25, 0.3) is 0 Å². The molecule has 0 radical (unpaired) electrons. The summed E-state index contributed by atoms with van der Waals surface area (Å²) in [5.74, 6) is -0.378. The van der Waals surface area contributed by atoms with Gasteiger partial charge in [-0.25, -0.2) is 9.59 Å². The van der Waals surface area contributed by atoms with Crippen LogP contribution in [0.2, 0.25) is 0 Å². The van der Waals surface area contributed by atoms with Crippen LogP contribution >= 0.6 is 0 Å². The minimum Gasteiger partial charge on any atom is -0.462 e. The van der Waals surface area contributed by atoms with E-state index in [9.17, 15) is 9.59 Å². The van der Waals surface area contributed by atoms with Gasteiger partial charge in [0.15, 0.2) is 0 Å². The monoisotopic (exact) mass is 432 g/mol. The van der Waals surface area contributed by atoms with Gasteiger partial charge in [-0.05, 0) is 30.5 Å². The lowest BCUT2D eigenvalue weighted by Gasteiger charge is -2.13. The Morgan fingerprint density at radius 2 is 1.19 bits per heavy atom. The molecule has 31 heavy (non-hydrogen) atoms. The lowest BCUT2D eigenvalue weighted by Crippen LogP contribution is -2.14. The molecule has 4 nitrogen and oxygen atoms in total. The van der Waals surface area contributed by atoms with E-state index in [1.165, 1.54) is 57.8 Å². The fourth-order valence-electron chi connectivity index (χ4n) is 3.59. The zero-order valence-corrected chi connectivity index (χ0v) is 20.1. The molecule has 1 rings (SSSR count). The van der Waals surface area contributed by atoms with Gasteiger partial charge >= 0.3 is 11.9 Å². The second-order valence-corrected chi connectivity index (χ2v) is 8.53. The van der Waals surface area contributed by atoms with E-state index < -0.39 is 0 Å². The van der Waals surface area contributed by atoms with Crippen molar-refractivity contribution < 1.29 is 19.1 Å². The Labute approximate surface area is 190 Å². The van der Waals surface area contributed by atoms with E-state index in [0.717, 1.165) is 25.7 Å². The Bertz CT molecular complexity index is 607. The summed E-state index contributed by atoms with van der Waals surface area (Å²) in [6, 6.07) is 6.63. The molecule has 0 saturated heterocycles. The Hall–Kier alpha value is -1.84. The van der Waals surface area contributed by atoms with E-state index in [4.69, 9.17) is 9.47 Å². The fourth-order valence-corrected chi connectivity index (χ4v) is 3.59. The van der Waals surface area contributed by atoms with Crippen LogP contribution in [-0.4, -0.2) is 25.2 Å². The van der Waals surface area contributed by atoms with Crippen LogP contribution in [0.1, 0.15) is 125 Å². The van der Waals surface area contributed by atoms with Crippen LogP contribution in [0.4, 0.5) is 0 Å². The first-order valence-electron chi connectivity index (χ1n) is 12.6. The molecule has 1 aromatic rings. The lowest BCUT2D eigenvalue weighted by atomic mass is 10.1. The number of esters is 2. The molecule has 1 aromatic carbocycles. The maximum atomic E-state index is 12.3. The van der Waals surface area contributed by atoms with E-state index in [0.29, 0.717) is 30.3 Å². The molecule has 0 aliphatic rings. The first kappa shape index (κ1) is 27.2. The predicted octanol–water partition coefficient (Wildman–Crippen LogP) is 7.75. The van der Waals surface area contributed by atoms with E-state index in [1.54, 1.807) is 24.3 Å². The first-order valence-corrected chi connectivity index (χ1v) is 12.6. The van der Waals surface area contributed by atoms with Crippen LogP contribution in [0.5, 0.6) is 0 Å². The highest BCUT2D eigenvalue weighted by Gasteiger charge is 2.14. The highest BCUT2D eigenvalue weighted by Crippen LogP contribution is 2.13. The van der Waals surface area contributed by atoms with Crippen molar-refractivity contribution in [2.45, 2.75) is 104 Å². The Morgan fingerprint density at radius 1 is 0.710 bits per heavy atom. The quantitative estimate of drug-likeness (QED) is 0.176. The molecule has 0 N–H and O–H groups in total. The summed E-state index contributed by atoms with van der Waals surface area (Å²) in [4.78, 5) is 24.5. The van der Waals surface area contributed by atoms with Gasteiger partial charge in [-0.1, -0.05) is 104 Å². The number of rotatable bonds is 18. The summed E-state index contributed by atoms with van der Waals surface area (Å²) in [5.41, 5.74) is 0.801. The van der Waals surface area contributed by atoms with Crippen LogP contribution < -0.4 is 0 Å². The molecule has 0 aromatic heterocycles. The van der Waals surface area contributed by atoms with Gasteiger partial charge in [-0.15, -0.1) is 0 Å². The fraction of sp³-hybridized carbons (Fsp3) is 0.704. The van der Waals surface area contributed by atoms with Crippen LogP contribution in [0.3, 0.4) is 0 Å². The normalized spacial score (nSPS) is 11.0. The molecule has 176 valence electrons. The highest BCUT2D eigenvalue weighted by molar-refractivity contribution is 5.95. The molecule has 0 amide bonds. The average Bonchev–Trinajstić information content (AvgIpc) is 2.80. The van der Waals surface area contributed by atoms with E-state index in [1.807, 2.05) is 0 Å². The van der Waals surface area contributed by atoms with E-state index in [-0.39, 0.29) is 11.9 Å². The summed E-state index contributed by atoms with van der Waals surface area (Å²) in [7, 11) is 0. The maximum absolute atomic E-state index is 12.3. The molecule has 0 aliphatic carbocycles. The second kappa shape index (κ2) is 17.8. The van der Waals surface area contributed by atoms with Gasteiger partial charge < -0.3 is 9.47 Å². The van der Waals surface area contributed by atoms with E-state index in [2.05, 4.69) is 20.8 Å². The lowest BCUT2D eigenvalue weighted by molar-refractivity contribution is 0.0433. The van der Waals surface area contributed by atoms with Crippen molar-refractivity contribution in [3.8, 4) is 0 Å². The highest BCUT2D eigenvalue weighted by atomic mass is 16.5. The zero-order chi connectivity index (χ0) is 22.7. The summed E-state index contributed by atoms with van der Waals surface area (Å²) in [6.07, 6.45) is 15.9. The molecule has 0 saturated carbocycles. The van der Waals surface area contributed by atoms with Crippen molar-refractivity contribution in [1.29, 1.82) is 0 Å². The van der Waals surface area contributed by atoms with Crippen molar-refractivity contribution in [3.63, 3.8) is 0 Å². The maximum Gasteiger partial charge on any atom is 0.338 e. The largest absolute Gasteiger partial charge is 0.462 e. The topological polar surface area (TPSA) is 52.6 Å². The summed E-state index contributed by atoms with van der Waals surface area (Å²) in [5, 5.41) is 0. The predicted molar refractivity (Wildman–Crippen MR) is 128 cm³/mol. The number of benzene rings is 1. The van der Waals surface area contributed by atoms with Crippen molar-refractivity contribution >= 4 is 11.9 Å². The SMILES string of the molecule is CCCCCCCCCCCCCOC(=O)c1cccc(C(=O)OCC(CC)CC)c1. The molecular formula is C27H44O4. The molecule has 0 aliphatic heterocycles. The van der Waals surface area contributed by atoms with Crippen LogP contribution in [0.15, 0.2) is 24.3 Å². The van der Waals surface area contributed by atoms with Crippen molar-refractivity contribution in [2.24, 2.45) is 5.92 Å². The van der Waals surface area contributed by atoms with E-state index >= 15 is 0 Å². The standard InChI is InChI=1S/C27H44O4/c1-4-7-8-9-10-11-12-13-14-15-16-20-30-26(28)24-18-17-19-25(21-24)27(29)31-22-23(5-2)6-3/h17-19,21,23H,4-16,20,22H2,1-3H3. The Kier molecular flexibility index (Phi) is 15.6. The molecule has 0 bridgehead atoms. The number of carbonyl (C=O) groups is 2. The van der Waals surface area contributed by atoms with Gasteiger partial charge in [-0.3, -0.25) is 0 Å². The number of carbonyl (C=O) groups excluding carboxylic acids is 2. The number of ether oxygens (including phenoxy) is 2. The van der Waals surface area contributed by atoms with Gasteiger partial charge in [-0.2, -0.15) is 0 Å². The molecule has 0 heterocycles. The molecule has 0 fully saturated rings. The van der Waals surface area contributed by atoms with Gasteiger partial charge in [0.25, 0.3) is 0 Å². The average molecular weight is 433 g/mol. The van der Waals surface area contributed by atoms with Gasteiger partial charge in [0.05, 0.1) is 24.3 Å². The Balaban J connectivity index is 2.19. The molecule has 0 unspecified atom stereocenters. The molecular weight excluding hydrogens is 388 g/mol.